The van der Waals surface area contributed by atoms with Gasteiger partial charge in [0.1, 0.15) is 12.1 Å². The van der Waals surface area contributed by atoms with Crippen LogP contribution in [0.2, 0.25) is 0 Å². The second-order valence-electron chi connectivity index (χ2n) is 4.45. The first-order valence-corrected chi connectivity index (χ1v) is 5.76. The van der Waals surface area contributed by atoms with Gasteiger partial charge in [-0.15, -0.1) is 0 Å². The number of imidazole rings is 1. The molecule has 18 heavy (non-hydrogen) atoms. The molecule has 1 atom stereocenters. The summed E-state index contributed by atoms with van der Waals surface area (Å²) in [4.78, 5) is 18.4. The van der Waals surface area contributed by atoms with Crippen LogP contribution in [0.1, 0.15) is 11.7 Å². The Morgan fingerprint density at radius 3 is 2.78 bits per heavy atom. The molecule has 0 fully saturated rings. The first kappa shape index (κ1) is 12.6. The third-order valence-electron chi connectivity index (χ3n) is 3.12. The van der Waals surface area contributed by atoms with Gasteiger partial charge in [-0.25, -0.2) is 4.98 Å². The molecular formula is C13H17N3O2. The summed E-state index contributed by atoms with van der Waals surface area (Å²) in [6, 6.07) is 5.30. The van der Waals surface area contributed by atoms with E-state index < -0.39 is 0 Å². The minimum atomic E-state index is -0.190. The number of fused-ring (bicyclic) bond motifs is 1. The quantitative estimate of drug-likeness (QED) is 0.827. The Morgan fingerprint density at radius 1 is 1.44 bits per heavy atom. The molecule has 1 aromatic heterocycles. The van der Waals surface area contributed by atoms with Crippen molar-refractivity contribution in [1.29, 1.82) is 0 Å². The number of nitrogens with zero attached hydrogens (tertiary/aromatic N) is 3. The molecular weight excluding hydrogens is 230 g/mol. The summed E-state index contributed by atoms with van der Waals surface area (Å²) in [6.45, 7) is 1.87. The Bertz CT molecular complexity index is 575. The first-order valence-electron chi connectivity index (χ1n) is 5.76. The lowest BCUT2D eigenvalue weighted by atomic mass is 10.2. The van der Waals surface area contributed by atoms with E-state index in [1.807, 2.05) is 44.1 Å². The van der Waals surface area contributed by atoms with Gasteiger partial charge < -0.3 is 4.74 Å². The highest BCUT2D eigenvalue weighted by molar-refractivity contribution is 5.93. The molecule has 5 nitrogen and oxygen atoms in total. The molecule has 0 aliphatic carbocycles. The lowest BCUT2D eigenvalue weighted by Crippen LogP contribution is -2.36. The fourth-order valence-corrected chi connectivity index (χ4v) is 1.72. The summed E-state index contributed by atoms with van der Waals surface area (Å²) in [7, 11) is 5.37. The first-order chi connectivity index (χ1) is 8.54. The third-order valence-corrected chi connectivity index (χ3v) is 3.12. The van der Waals surface area contributed by atoms with E-state index in [1.54, 1.807) is 18.0 Å². The molecule has 0 amide bonds. The number of carbonyl (C=O) groups excluding carboxylic acids is 1. The molecule has 0 aliphatic heterocycles. The summed E-state index contributed by atoms with van der Waals surface area (Å²) >= 11 is 0. The zero-order valence-electron chi connectivity index (χ0n) is 11.0. The van der Waals surface area contributed by atoms with Gasteiger partial charge in [-0.1, -0.05) is 0 Å². The predicted molar refractivity (Wildman–Crippen MR) is 70.1 cm³/mol. The molecule has 1 heterocycles. The van der Waals surface area contributed by atoms with Crippen molar-refractivity contribution in [3.8, 4) is 5.75 Å². The molecule has 1 unspecified atom stereocenters. The van der Waals surface area contributed by atoms with Gasteiger partial charge in [0.25, 0.3) is 0 Å². The van der Waals surface area contributed by atoms with Crippen LogP contribution in [-0.2, 0) is 0 Å². The summed E-state index contributed by atoms with van der Waals surface area (Å²) in [5.74, 6) is 0.744. The molecule has 0 saturated carbocycles. The number of hydrogen-bond acceptors (Lipinski definition) is 4. The Kier molecular flexibility index (Phi) is 3.34. The van der Waals surface area contributed by atoms with Crippen molar-refractivity contribution < 1.29 is 9.53 Å². The molecule has 0 spiro atoms. The largest absolute Gasteiger partial charge is 0.497 e. The zero-order chi connectivity index (χ0) is 13.3. The van der Waals surface area contributed by atoms with Crippen LogP contribution in [0.4, 0.5) is 0 Å². The molecule has 0 aliphatic rings. The number of hydrogen-bond donors (Lipinski definition) is 0. The molecule has 1 aromatic carbocycles. The second kappa shape index (κ2) is 4.78. The van der Waals surface area contributed by atoms with Crippen LogP contribution in [0.3, 0.4) is 0 Å². The SMILES string of the molecule is COc1ccc2c(c1)ncn2C(=O)C(C)N(C)C. The summed E-state index contributed by atoms with van der Waals surface area (Å²) in [6.07, 6.45) is 1.56. The molecule has 5 heteroatoms. The Labute approximate surface area is 106 Å². The van der Waals surface area contributed by atoms with Crippen molar-refractivity contribution in [2.75, 3.05) is 21.2 Å². The molecule has 0 saturated heterocycles. The second-order valence-corrected chi connectivity index (χ2v) is 4.45. The topological polar surface area (TPSA) is 47.4 Å². The Morgan fingerprint density at radius 2 is 2.17 bits per heavy atom. The van der Waals surface area contributed by atoms with Gasteiger partial charge in [0.2, 0.25) is 5.91 Å². The normalized spacial score (nSPS) is 12.9. The maximum Gasteiger partial charge on any atom is 0.249 e. The van der Waals surface area contributed by atoms with Gasteiger partial charge in [0.15, 0.2) is 0 Å². The van der Waals surface area contributed by atoms with Crippen molar-refractivity contribution in [3.05, 3.63) is 24.5 Å². The van der Waals surface area contributed by atoms with Gasteiger partial charge in [-0.05, 0) is 33.2 Å². The summed E-state index contributed by atoms with van der Waals surface area (Å²) in [5.41, 5.74) is 1.56. The number of methoxy groups -OCH3 is 1. The van der Waals surface area contributed by atoms with E-state index in [0.29, 0.717) is 0 Å². The molecule has 0 radical (unpaired) electrons. The minimum absolute atomic E-state index is 0.00710. The highest BCUT2D eigenvalue weighted by Crippen LogP contribution is 2.20. The maximum atomic E-state index is 12.3. The van der Waals surface area contributed by atoms with E-state index in [-0.39, 0.29) is 11.9 Å². The number of ether oxygens (including phenoxy) is 1. The fraction of sp³-hybridized carbons (Fsp3) is 0.385. The van der Waals surface area contributed by atoms with Gasteiger partial charge in [0.05, 0.1) is 24.2 Å². The highest BCUT2D eigenvalue weighted by atomic mass is 16.5. The summed E-state index contributed by atoms with van der Waals surface area (Å²) in [5, 5.41) is 0. The third kappa shape index (κ3) is 2.09. The van der Waals surface area contributed by atoms with E-state index in [9.17, 15) is 4.79 Å². The number of rotatable bonds is 3. The fourth-order valence-electron chi connectivity index (χ4n) is 1.72. The van der Waals surface area contributed by atoms with Crippen LogP contribution in [0, 0.1) is 0 Å². The van der Waals surface area contributed by atoms with Crippen LogP contribution in [0.15, 0.2) is 24.5 Å². The van der Waals surface area contributed by atoms with E-state index in [4.69, 9.17) is 4.74 Å². The van der Waals surface area contributed by atoms with Crippen LogP contribution in [0.5, 0.6) is 5.75 Å². The van der Waals surface area contributed by atoms with Gasteiger partial charge in [-0.2, -0.15) is 0 Å². The van der Waals surface area contributed by atoms with Crippen LogP contribution in [-0.4, -0.2) is 47.6 Å². The smallest absolute Gasteiger partial charge is 0.249 e. The van der Waals surface area contributed by atoms with E-state index >= 15 is 0 Å². The molecule has 0 N–H and O–H groups in total. The van der Waals surface area contributed by atoms with E-state index in [2.05, 4.69) is 4.98 Å². The monoisotopic (exact) mass is 247 g/mol. The van der Waals surface area contributed by atoms with Crippen molar-refractivity contribution in [2.24, 2.45) is 0 Å². The minimum Gasteiger partial charge on any atom is -0.497 e. The lowest BCUT2D eigenvalue weighted by molar-refractivity contribution is 0.0809. The maximum absolute atomic E-state index is 12.3. The molecule has 2 aromatic rings. The zero-order valence-corrected chi connectivity index (χ0v) is 11.0. The van der Waals surface area contributed by atoms with Crippen molar-refractivity contribution in [2.45, 2.75) is 13.0 Å². The number of likely N-dealkylation sites (N-methyl/N-ethyl adjacent to an activating group) is 1. The molecule has 0 bridgehead atoms. The molecule has 96 valence electrons. The average Bonchev–Trinajstić information content (AvgIpc) is 2.79. The predicted octanol–water partition coefficient (Wildman–Crippen LogP) is 1.64. The van der Waals surface area contributed by atoms with E-state index in [0.717, 1.165) is 16.8 Å². The summed E-state index contributed by atoms with van der Waals surface area (Å²) < 4.78 is 6.72. The number of benzene rings is 1. The Balaban J connectivity index is 2.43. The van der Waals surface area contributed by atoms with Gasteiger partial charge in [-0.3, -0.25) is 14.3 Å². The van der Waals surface area contributed by atoms with Crippen LogP contribution >= 0.6 is 0 Å². The van der Waals surface area contributed by atoms with Crippen molar-refractivity contribution >= 4 is 16.9 Å². The average molecular weight is 247 g/mol. The Hall–Kier alpha value is -1.88. The number of carbonyl (C=O) groups is 1. The van der Waals surface area contributed by atoms with Crippen molar-refractivity contribution in [3.63, 3.8) is 0 Å². The standard InChI is InChI=1S/C13H17N3O2/c1-9(15(2)3)13(17)16-8-14-11-7-10(18-4)5-6-12(11)16/h5-9H,1-4H3. The van der Waals surface area contributed by atoms with Crippen LogP contribution in [0.25, 0.3) is 11.0 Å². The number of aromatic nitrogens is 2. The van der Waals surface area contributed by atoms with E-state index in [1.165, 1.54) is 0 Å². The molecule has 2 rings (SSSR count). The van der Waals surface area contributed by atoms with Gasteiger partial charge in [0, 0.05) is 6.07 Å². The lowest BCUT2D eigenvalue weighted by Gasteiger charge is -2.18. The van der Waals surface area contributed by atoms with Crippen molar-refractivity contribution in [1.82, 2.24) is 14.5 Å². The van der Waals surface area contributed by atoms with Gasteiger partial charge >= 0.3 is 0 Å². The highest BCUT2D eigenvalue weighted by Gasteiger charge is 2.19. The van der Waals surface area contributed by atoms with Crippen LogP contribution < -0.4 is 4.74 Å².